The minimum atomic E-state index is -4.63. The van der Waals surface area contributed by atoms with Crippen molar-refractivity contribution in [1.82, 2.24) is 15.2 Å². The first-order chi connectivity index (χ1) is 18.9. The van der Waals surface area contributed by atoms with Crippen LogP contribution in [0.3, 0.4) is 0 Å². The fourth-order valence-electron chi connectivity index (χ4n) is 5.05. The second-order valence-electron chi connectivity index (χ2n) is 11.1. The van der Waals surface area contributed by atoms with E-state index >= 15 is 0 Å². The molecule has 2 bridgehead atoms. The molecule has 1 aromatic rings. The molecule has 41 heavy (non-hydrogen) atoms. The lowest BCUT2D eigenvalue weighted by Crippen LogP contribution is -2.49. The molecule has 0 aromatic carbocycles. The molecule has 2 aliphatic rings. The van der Waals surface area contributed by atoms with Gasteiger partial charge in [-0.15, -0.1) is 0 Å². The van der Waals surface area contributed by atoms with Crippen LogP contribution in [0.2, 0.25) is 0 Å². The molecule has 0 spiro atoms. The van der Waals surface area contributed by atoms with E-state index in [0.29, 0.717) is 0 Å². The van der Waals surface area contributed by atoms with Crippen LogP contribution in [0.25, 0.3) is 0 Å². The van der Waals surface area contributed by atoms with Gasteiger partial charge in [0.15, 0.2) is 6.04 Å². The average Bonchev–Trinajstić information content (AvgIpc) is 3.48. The number of fused-ring (bicyclic) bond motifs is 2. The molecule has 1 unspecified atom stereocenters. The van der Waals surface area contributed by atoms with Crippen LogP contribution in [0, 0.1) is 0 Å². The lowest BCUT2D eigenvalue weighted by Gasteiger charge is -2.28. The van der Waals surface area contributed by atoms with E-state index < -0.39 is 59.5 Å². The molecule has 2 amide bonds. The number of hydrogen-bond acceptors (Lipinski definition) is 7. The Kier molecular flexibility index (Phi) is 10.1. The van der Waals surface area contributed by atoms with Gasteiger partial charge in [-0.1, -0.05) is 19.1 Å². The molecule has 228 valence electrons. The third kappa shape index (κ3) is 7.56. The summed E-state index contributed by atoms with van der Waals surface area (Å²) in [6, 6.07) is -3.53. The first-order valence-electron chi connectivity index (χ1n) is 13.5. The van der Waals surface area contributed by atoms with Crippen molar-refractivity contribution in [3.63, 3.8) is 0 Å². The van der Waals surface area contributed by atoms with Crippen LogP contribution in [-0.2, 0) is 9.59 Å². The third-order valence-corrected chi connectivity index (χ3v) is 8.25. The first kappa shape index (κ1) is 32.8. The van der Waals surface area contributed by atoms with Gasteiger partial charge in [-0.2, -0.15) is 13.2 Å². The molecule has 14 heteroatoms. The monoisotopic (exact) mass is 605 g/mol. The van der Waals surface area contributed by atoms with Gasteiger partial charge in [0.1, 0.15) is 11.9 Å². The Morgan fingerprint density at radius 1 is 1.20 bits per heavy atom. The topological polar surface area (TPSA) is 107 Å². The van der Waals surface area contributed by atoms with E-state index in [2.05, 4.69) is 20.6 Å². The van der Waals surface area contributed by atoms with Crippen LogP contribution < -0.4 is 10.6 Å². The molecule has 3 N–H and O–H groups in total. The summed E-state index contributed by atoms with van der Waals surface area (Å²) in [4.78, 5) is 36.2. The van der Waals surface area contributed by atoms with Crippen LogP contribution in [0.1, 0.15) is 84.3 Å². The number of thiocarbonyl (C=S) groups is 1. The number of carbonyl (C=O) groups is 2. The van der Waals surface area contributed by atoms with E-state index in [-0.39, 0.29) is 34.6 Å². The number of nitrogens with zero attached hydrogens (tertiary/aromatic N) is 3. The molecular weight excluding hydrogens is 569 g/mol. The van der Waals surface area contributed by atoms with Crippen molar-refractivity contribution in [3.05, 3.63) is 23.4 Å². The summed E-state index contributed by atoms with van der Waals surface area (Å²) in [7, 11) is 0. The number of aliphatic hydroxyl groups is 1. The number of halogens is 5. The van der Waals surface area contributed by atoms with E-state index in [0.717, 1.165) is 37.9 Å². The summed E-state index contributed by atoms with van der Waals surface area (Å²) in [5, 5.41) is 14.9. The van der Waals surface area contributed by atoms with Crippen LogP contribution >= 0.6 is 12.2 Å². The molecule has 0 aliphatic carbocycles. The molecule has 3 rings (SSSR count). The smallest absolute Gasteiger partial charge is 0.388 e. The first-order valence-corrected chi connectivity index (χ1v) is 13.9. The minimum absolute atomic E-state index is 0.0510. The number of carbonyl (C=O) groups excluding carboxylic acids is 2. The quantitative estimate of drug-likeness (QED) is 0.146. The highest BCUT2D eigenvalue weighted by Gasteiger charge is 2.45. The molecule has 8 nitrogen and oxygen atoms in total. The maximum atomic E-state index is 14.2. The Morgan fingerprint density at radius 2 is 1.76 bits per heavy atom. The van der Waals surface area contributed by atoms with Crippen molar-refractivity contribution in [3.8, 4) is 0 Å². The number of pyridine rings is 1. The zero-order valence-corrected chi connectivity index (χ0v) is 24.4. The molecule has 1 aromatic heterocycles. The lowest BCUT2D eigenvalue weighted by atomic mass is 10.00. The molecular formula is C27H36F5N5O3S. The normalized spacial score (nSPS) is 21.6. The molecule has 3 atom stereocenters. The minimum Gasteiger partial charge on any atom is -0.388 e. The molecule has 2 fully saturated rings. The number of hydrogen-bond donors (Lipinski definition) is 3. The number of aliphatic imine (C=N–C) groups is 1. The highest BCUT2D eigenvalue weighted by atomic mass is 32.1. The maximum absolute atomic E-state index is 14.2. The van der Waals surface area contributed by atoms with Crippen LogP contribution in [0.5, 0.6) is 0 Å². The molecule has 0 saturated carbocycles. The van der Waals surface area contributed by atoms with Crippen LogP contribution in [0.15, 0.2) is 17.3 Å². The second kappa shape index (κ2) is 12.6. The maximum Gasteiger partial charge on any atom is 0.408 e. The zero-order valence-electron chi connectivity index (χ0n) is 23.6. The Balaban J connectivity index is 2.00. The standard InChI is InChI=1S/C27H36F5N5O3S/c1-6-19(27(30,31)32)36-20-11-17(23(28)29)18(12-33-20)22(41)21(25(39)37-15-7-8-16(37)10-9-15)34-13(2)24(38)35-14(3)26(4,5)40/h11-12,14-16,19,21,23,40H,6-10H2,1-5H3,(H,33,36)(H,35,38)/t14-,15?,16?,19+,21?/m1/s1. The molecule has 2 aliphatic heterocycles. The lowest BCUT2D eigenvalue weighted by molar-refractivity contribution is -0.143. The highest BCUT2D eigenvalue weighted by molar-refractivity contribution is 7.81. The number of anilines is 1. The van der Waals surface area contributed by atoms with Gasteiger partial charge < -0.3 is 20.6 Å². The summed E-state index contributed by atoms with van der Waals surface area (Å²) >= 11 is 5.52. The van der Waals surface area contributed by atoms with E-state index in [1.54, 1.807) is 11.8 Å². The van der Waals surface area contributed by atoms with Crippen molar-refractivity contribution < 1.29 is 36.6 Å². The summed E-state index contributed by atoms with van der Waals surface area (Å²) in [6.07, 6.45) is -4.10. The van der Waals surface area contributed by atoms with Crippen LogP contribution in [0.4, 0.5) is 27.8 Å². The summed E-state index contributed by atoms with van der Waals surface area (Å²) in [6.45, 7) is 7.23. The van der Waals surface area contributed by atoms with Crippen molar-refractivity contribution in [2.45, 2.75) is 115 Å². The number of amides is 2. The Morgan fingerprint density at radius 3 is 2.22 bits per heavy atom. The predicted molar refractivity (Wildman–Crippen MR) is 148 cm³/mol. The summed E-state index contributed by atoms with van der Waals surface area (Å²) < 4.78 is 68.2. The van der Waals surface area contributed by atoms with Crippen molar-refractivity contribution >= 4 is 40.4 Å². The number of alkyl halides is 5. The van der Waals surface area contributed by atoms with Gasteiger partial charge in [0.2, 0.25) is 0 Å². The number of aromatic nitrogens is 1. The Bertz CT molecular complexity index is 1170. The van der Waals surface area contributed by atoms with Gasteiger partial charge in [-0.25, -0.2) is 13.8 Å². The predicted octanol–water partition coefficient (Wildman–Crippen LogP) is 4.75. The average molecular weight is 606 g/mol. The van der Waals surface area contributed by atoms with Crippen molar-refractivity contribution in [2.24, 2.45) is 4.99 Å². The van der Waals surface area contributed by atoms with Crippen molar-refractivity contribution in [2.75, 3.05) is 5.32 Å². The molecule has 3 heterocycles. The van der Waals surface area contributed by atoms with Gasteiger partial charge in [0, 0.05) is 29.4 Å². The van der Waals surface area contributed by atoms with Gasteiger partial charge in [0.05, 0.1) is 22.2 Å². The molecule has 2 saturated heterocycles. The van der Waals surface area contributed by atoms with Crippen LogP contribution in [-0.4, -0.2) is 79.4 Å². The van der Waals surface area contributed by atoms with Gasteiger partial charge in [-0.3, -0.25) is 14.6 Å². The Labute approximate surface area is 241 Å². The molecule has 0 radical (unpaired) electrons. The van der Waals surface area contributed by atoms with E-state index in [1.807, 2.05) is 0 Å². The summed E-state index contributed by atoms with van der Waals surface area (Å²) in [5.41, 5.74) is -2.44. The largest absolute Gasteiger partial charge is 0.408 e. The van der Waals surface area contributed by atoms with Gasteiger partial charge in [-0.05, 0) is 65.9 Å². The summed E-state index contributed by atoms with van der Waals surface area (Å²) in [5.74, 6) is -1.64. The Hall–Kier alpha value is -2.74. The van der Waals surface area contributed by atoms with Gasteiger partial charge in [0.25, 0.3) is 18.2 Å². The fraction of sp³-hybridized carbons (Fsp3) is 0.667. The second-order valence-corrected chi connectivity index (χ2v) is 11.6. The van der Waals surface area contributed by atoms with Gasteiger partial charge >= 0.3 is 6.18 Å². The van der Waals surface area contributed by atoms with Crippen molar-refractivity contribution in [1.29, 1.82) is 0 Å². The highest BCUT2D eigenvalue weighted by Crippen LogP contribution is 2.38. The van der Waals surface area contributed by atoms with E-state index in [9.17, 15) is 36.6 Å². The SMILES string of the molecule is CC[C@H](Nc1cc(C(F)F)c(C(=S)C(N=C(C)C(=O)N[C@H](C)C(C)(C)O)C(=O)N2C3CCC2CC3)cn1)C(F)(F)F. The van der Waals surface area contributed by atoms with E-state index in [4.69, 9.17) is 12.2 Å². The third-order valence-electron chi connectivity index (χ3n) is 7.81. The zero-order chi connectivity index (χ0) is 30.9. The number of rotatable bonds is 11. The number of nitrogens with one attached hydrogen (secondary N) is 2. The fourth-order valence-corrected chi connectivity index (χ4v) is 5.37. The van der Waals surface area contributed by atoms with E-state index in [1.165, 1.54) is 27.7 Å².